The molecule has 0 atom stereocenters. The fraction of sp³-hybridized carbons (Fsp3) is 1.00. The lowest BCUT2D eigenvalue weighted by atomic mass is 10.5. The molecule has 1 saturated heterocycles. The minimum absolute atomic E-state index is 0.765. The van der Waals surface area contributed by atoms with Crippen LogP contribution in [0.3, 0.4) is 0 Å². The van der Waals surface area contributed by atoms with Crippen molar-refractivity contribution in [3.8, 4) is 0 Å². The zero-order valence-electron chi connectivity index (χ0n) is 5.80. The van der Waals surface area contributed by atoms with Crippen molar-refractivity contribution in [3.05, 3.63) is 0 Å². The van der Waals surface area contributed by atoms with E-state index in [1.165, 1.54) is 0 Å². The Hall–Kier alpha value is -0.570. The van der Waals surface area contributed by atoms with Crippen LogP contribution in [0.2, 0.25) is 0 Å². The maximum Gasteiger partial charge on any atom is 0.470 e. The molecule has 0 aromatic carbocycles. The summed E-state index contributed by atoms with van der Waals surface area (Å²) in [4.78, 5) is -2.10. The molecule has 0 radical (unpaired) electrons. The van der Waals surface area contributed by atoms with Gasteiger partial charge in [-0.3, -0.25) is 0 Å². The van der Waals surface area contributed by atoms with E-state index in [4.69, 9.17) is 0 Å². The zero-order chi connectivity index (χ0) is 10.5. The van der Waals surface area contributed by atoms with Gasteiger partial charge in [0, 0.05) is 0 Å². The lowest BCUT2D eigenvalue weighted by molar-refractivity contribution is -0.383. The molecule has 2 nitrogen and oxygen atoms in total. The normalized spacial score (nSPS) is 27.9. The van der Waals surface area contributed by atoms with Crippen molar-refractivity contribution in [2.24, 2.45) is 0 Å². The first-order valence-electron chi connectivity index (χ1n) is 2.95. The fourth-order valence-corrected chi connectivity index (χ4v) is 0.921. The molecule has 78 valence electrons. The van der Waals surface area contributed by atoms with Gasteiger partial charge in [0.25, 0.3) is 0 Å². The lowest BCUT2D eigenvalue weighted by Gasteiger charge is -2.28. The van der Waals surface area contributed by atoms with E-state index in [-0.39, 0.29) is 0 Å². The summed E-state index contributed by atoms with van der Waals surface area (Å²) < 4.78 is 84.0. The molecule has 0 saturated carbocycles. The van der Waals surface area contributed by atoms with Crippen LogP contribution in [0.4, 0.5) is 30.7 Å². The number of halogens is 7. The molecular weight excluding hydrogens is 209 g/mol. The maximum absolute atomic E-state index is 12.3. The lowest BCUT2D eigenvalue weighted by Crippen LogP contribution is -2.55. The van der Waals surface area contributed by atoms with Gasteiger partial charge < -0.3 is 0 Å². The van der Waals surface area contributed by atoms with Crippen molar-refractivity contribution in [3.63, 3.8) is 0 Å². The van der Waals surface area contributed by atoms with E-state index in [0.717, 1.165) is 5.32 Å². The molecule has 1 aliphatic heterocycles. The third-order valence-corrected chi connectivity index (χ3v) is 1.38. The minimum atomic E-state index is -5.78. The molecule has 0 bridgehead atoms. The molecule has 0 amide bonds. The van der Waals surface area contributed by atoms with E-state index >= 15 is 0 Å². The number of alkyl halides is 7. The summed E-state index contributed by atoms with van der Waals surface area (Å²) in [6.45, 7) is -1.74. The largest absolute Gasteiger partial charge is 0.470 e. The van der Waals surface area contributed by atoms with Crippen molar-refractivity contribution < 1.29 is 30.7 Å². The summed E-state index contributed by atoms with van der Waals surface area (Å²) in [5.41, 5.74) is 0. The molecule has 0 aromatic heterocycles. The van der Waals surface area contributed by atoms with Gasteiger partial charge in [0.1, 0.15) is 0 Å². The standard InChI is InChI=1S/C4H3F7N2/c5-2(6)1-12-4(10,11)13(2)3(7,8)9/h12H,1H2. The fourth-order valence-electron chi connectivity index (χ4n) is 0.921. The van der Waals surface area contributed by atoms with Crippen LogP contribution in [0.25, 0.3) is 0 Å². The summed E-state index contributed by atoms with van der Waals surface area (Å²) in [6.07, 6.45) is -10.5. The molecule has 1 rings (SSSR count). The Labute approximate surface area is 67.3 Å². The summed E-state index contributed by atoms with van der Waals surface area (Å²) >= 11 is 0. The second kappa shape index (κ2) is 2.47. The van der Waals surface area contributed by atoms with Crippen molar-refractivity contribution in [2.75, 3.05) is 6.54 Å². The van der Waals surface area contributed by atoms with Crippen molar-refractivity contribution in [1.29, 1.82) is 0 Å². The van der Waals surface area contributed by atoms with Gasteiger partial charge >= 0.3 is 18.5 Å². The second-order valence-electron chi connectivity index (χ2n) is 2.36. The first-order chi connectivity index (χ1) is 5.57. The third kappa shape index (κ3) is 1.70. The second-order valence-corrected chi connectivity index (χ2v) is 2.36. The van der Waals surface area contributed by atoms with Crippen LogP contribution in [0, 0.1) is 0 Å². The smallest absolute Gasteiger partial charge is 0.236 e. The van der Waals surface area contributed by atoms with Gasteiger partial charge in [0.15, 0.2) is 0 Å². The summed E-state index contributed by atoms with van der Waals surface area (Å²) in [5, 5.41) is 0.765. The van der Waals surface area contributed by atoms with E-state index in [1.807, 2.05) is 0 Å². The Kier molecular flexibility index (Phi) is 2.00. The third-order valence-electron chi connectivity index (χ3n) is 1.38. The maximum atomic E-state index is 12.3. The minimum Gasteiger partial charge on any atom is -0.236 e. The van der Waals surface area contributed by atoms with Crippen LogP contribution in [-0.4, -0.2) is 30.0 Å². The van der Waals surface area contributed by atoms with Crippen molar-refractivity contribution >= 4 is 0 Å². The van der Waals surface area contributed by atoms with Gasteiger partial charge in [0.2, 0.25) is 0 Å². The number of hydrogen-bond acceptors (Lipinski definition) is 2. The molecule has 1 aliphatic rings. The highest BCUT2D eigenvalue weighted by Gasteiger charge is 2.69. The molecule has 0 spiro atoms. The predicted molar refractivity (Wildman–Crippen MR) is 25.8 cm³/mol. The van der Waals surface area contributed by atoms with Gasteiger partial charge in [-0.15, -0.1) is 0 Å². The first-order valence-corrected chi connectivity index (χ1v) is 2.95. The van der Waals surface area contributed by atoms with E-state index in [2.05, 4.69) is 0 Å². The van der Waals surface area contributed by atoms with Gasteiger partial charge in [-0.25, -0.2) is 5.32 Å². The molecule has 1 N–H and O–H groups in total. The molecule has 1 fully saturated rings. The predicted octanol–water partition coefficient (Wildman–Crippen LogP) is 1.55. The van der Waals surface area contributed by atoms with E-state index in [9.17, 15) is 30.7 Å². The van der Waals surface area contributed by atoms with Crippen LogP contribution in [0.1, 0.15) is 0 Å². The molecule has 1 heterocycles. The van der Waals surface area contributed by atoms with E-state index in [1.54, 1.807) is 0 Å². The summed E-state index contributed by atoms with van der Waals surface area (Å²) in [7, 11) is 0. The first kappa shape index (κ1) is 10.5. The average Bonchev–Trinajstić information content (AvgIpc) is 1.98. The van der Waals surface area contributed by atoms with Crippen molar-refractivity contribution in [2.45, 2.75) is 18.5 Å². The zero-order valence-corrected chi connectivity index (χ0v) is 5.80. The SMILES string of the molecule is FC(F)(F)N1C(F)(F)CNC1(F)F. The molecule has 0 aromatic rings. The van der Waals surface area contributed by atoms with E-state index < -0.39 is 30.0 Å². The number of hydrogen-bond donors (Lipinski definition) is 1. The molecule has 13 heavy (non-hydrogen) atoms. The van der Waals surface area contributed by atoms with Gasteiger partial charge in [-0.1, -0.05) is 4.90 Å². The highest BCUT2D eigenvalue weighted by Crippen LogP contribution is 2.43. The monoisotopic (exact) mass is 212 g/mol. The number of nitrogens with one attached hydrogen (secondary N) is 1. The summed E-state index contributed by atoms with van der Waals surface area (Å²) in [6, 6.07) is -4.62. The van der Waals surface area contributed by atoms with Gasteiger partial charge in [0.05, 0.1) is 6.54 Å². The Morgan fingerprint density at radius 1 is 1.08 bits per heavy atom. The molecule has 9 heteroatoms. The Balaban J connectivity index is 3.02. The summed E-state index contributed by atoms with van der Waals surface area (Å²) in [5.74, 6) is 0. The van der Waals surface area contributed by atoms with Crippen LogP contribution >= 0.6 is 0 Å². The van der Waals surface area contributed by atoms with Gasteiger partial charge in [-0.2, -0.15) is 30.7 Å². The molecule has 0 aliphatic carbocycles. The quantitative estimate of drug-likeness (QED) is 0.484. The molecular formula is C4H3F7N2. The Morgan fingerprint density at radius 2 is 1.54 bits per heavy atom. The Bertz CT molecular complexity index is 193. The Morgan fingerprint density at radius 3 is 1.69 bits per heavy atom. The highest BCUT2D eigenvalue weighted by atomic mass is 19.4. The van der Waals surface area contributed by atoms with Gasteiger partial charge in [-0.05, 0) is 0 Å². The van der Waals surface area contributed by atoms with E-state index in [0.29, 0.717) is 0 Å². The van der Waals surface area contributed by atoms with Crippen molar-refractivity contribution in [1.82, 2.24) is 10.2 Å². The van der Waals surface area contributed by atoms with Crippen LogP contribution < -0.4 is 5.32 Å². The average molecular weight is 212 g/mol. The number of rotatable bonds is 0. The topological polar surface area (TPSA) is 15.3 Å². The van der Waals surface area contributed by atoms with Crippen LogP contribution in [-0.2, 0) is 0 Å². The highest BCUT2D eigenvalue weighted by molar-refractivity contribution is 4.87. The molecule has 0 unspecified atom stereocenters. The van der Waals surface area contributed by atoms with Crippen LogP contribution in [0.15, 0.2) is 0 Å². The van der Waals surface area contributed by atoms with Crippen LogP contribution in [0.5, 0.6) is 0 Å². The number of nitrogens with zero attached hydrogens (tertiary/aromatic N) is 1.